The molecule has 0 aliphatic rings. The van der Waals surface area contributed by atoms with Gasteiger partial charge in [-0.05, 0) is 50.2 Å². The van der Waals surface area contributed by atoms with Gasteiger partial charge in [-0.15, -0.1) is 0 Å². The van der Waals surface area contributed by atoms with Crippen LogP contribution < -0.4 is 14.8 Å². The molecule has 1 amide bonds. The van der Waals surface area contributed by atoms with E-state index in [1.807, 2.05) is 0 Å². The molecule has 0 fully saturated rings. The van der Waals surface area contributed by atoms with Crippen molar-refractivity contribution in [3.05, 3.63) is 47.5 Å². The van der Waals surface area contributed by atoms with E-state index in [0.717, 1.165) is 4.31 Å². The molecule has 0 aliphatic heterocycles. The molecule has 152 valence electrons. The molecule has 0 saturated carbocycles. The molecule has 0 aromatic heterocycles. The molecular weight excluding hydrogens is 404 g/mol. The number of carbonyl (C=O) groups excluding carboxylic acids is 1. The molecule has 1 atom stereocenters. The summed E-state index contributed by atoms with van der Waals surface area (Å²) in [5, 5.41) is 3.16. The third-order valence-corrected chi connectivity index (χ3v) is 5.82. The van der Waals surface area contributed by atoms with E-state index in [9.17, 15) is 13.2 Å². The van der Waals surface area contributed by atoms with Crippen molar-refractivity contribution in [2.75, 3.05) is 26.0 Å². The van der Waals surface area contributed by atoms with Crippen LogP contribution in [0.5, 0.6) is 11.5 Å². The Labute approximate surface area is 170 Å². The van der Waals surface area contributed by atoms with Crippen molar-refractivity contribution in [3.8, 4) is 11.5 Å². The number of hydrogen-bond acceptors (Lipinski definition) is 5. The van der Waals surface area contributed by atoms with Gasteiger partial charge >= 0.3 is 0 Å². The molecule has 0 unspecified atom stereocenters. The number of benzene rings is 2. The molecule has 0 spiro atoms. The van der Waals surface area contributed by atoms with Crippen LogP contribution >= 0.6 is 11.6 Å². The van der Waals surface area contributed by atoms with Crippen molar-refractivity contribution in [1.29, 1.82) is 0 Å². The van der Waals surface area contributed by atoms with Crippen molar-refractivity contribution in [2.45, 2.75) is 24.8 Å². The van der Waals surface area contributed by atoms with Gasteiger partial charge in [-0.1, -0.05) is 17.7 Å². The Bertz CT molecular complexity index is 947. The fourth-order valence-electron chi connectivity index (χ4n) is 2.30. The first-order valence-corrected chi connectivity index (χ1v) is 10.4. The van der Waals surface area contributed by atoms with Crippen LogP contribution in [0.25, 0.3) is 0 Å². The van der Waals surface area contributed by atoms with E-state index in [4.69, 9.17) is 21.1 Å². The summed E-state index contributed by atoms with van der Waals surface area (Å²) in [6, 6.07) is 11.2. The average molecular weight is 427 g/mol. The van der Waals surface area contributed by atoms with Gasteiger partial charge < -0.3 is 14.8 Å². The molecule has 7 nitrogen and oxygen atoms in total. The largest absolute Gasteiger partial charge is 0.492 e. The lowest BCUT2D eigenvalue weighted by Gasteiger charge is -2.18. The highest BCUT2D eigenvalue weighted by molar-refractivity contribution is 7.89. The number of hydrogen-bond donors (Lipinski definition) is 1. The van der Waals surface area contributed by atoms with Gasteiger partial charge in [0.15, 0.2) is 6.10 Å². The molecule has 2 rings (SSSR count). The van der Waals surface area contributed by atoms with Gasteiger partial charge in [0.1, 0.15) is 16.4 Å². The minimum atomic E-state index is -3.75. The Morgan fingerprint density at radius 2 is 1.93 bits per heavy atom. The molecule has 28 heavy (non-hydrogen) atoms. The highest BCUT2D eigenvalue weighted by Gasteiger charge is 2.24. The standard InChI is InChI=1S/C19H23ClN2O5S/c1-5-26-17-10-9-15(12-18(17)28(24,25)22(3)4)21-19(23)13(2)27-16-8-6-7-14(20)11-16/h6-13H,5H2,1-4H3,(H,21,23)/t13-/m0/s1. The van der Waals surface area contributed by atoms with Crippen LogP contribution in [0.3, 0.4) is 0 Å². The molecule has 0 heterocycles. The van der Waals surface area contributed by atoms with E-state index in [0.29, 0.717) is 23.1 Å². The molecule has 0 aliphatic carbocycles. The summed E-state index contributed by atoms with van der Waals surface area (Å²) in [5.74, 6) is 0.243. The monoisotopic (exact) mass is 426 g/mol. The first kappa shape index (κ1) is 22.0. The topological polar surface area (TPSA) is 84.9 Å². The number of sulfonamides is 1. The maximum atomic E-state index is 12.6. The Kier molecular flexibility index (Phi) is 7.29. The van der Waals surface area contributed by atoms with E-state index >= 15 is 0 Å². The smallest absolute Gasteiger partial charge is 0.265 e. The predicted octanol–water partition coefficient (Wildman–Crippen LogP) is 3.40. The Balaban J connectivity index is 2.22. The minimum Gasteiger partial charge on any atom is -0.492 e. The Morgan fingerprint density at radius 3 is 2.54 bits per heavy atom. The highest BCUT2D eigenvalue weighted by Crippen LogP contribution is 2.29. The highest BCUT2D eigenvalue weighted by atomic mass is 35.5. The van der Waals surface area contributed by atoms with Crippen LogP contribution in [0.1, 0.15) is 13.8 Å². The number of nitrogens with one attached hydrogen (secondary N) is 1. The minimum absolute atomic E-state index is 0.0273. The molecule has 1 N–H and O–H groups in total. The van der Waals surface area contributed by atoms with Crippen molar-refractivity contribution < 1.29 is 22.7 Å². The lowest BCUT2D eigenvalue weighted by molar-refractivity contribution is -0.122. The van der Waals surface area contributed by atoms with E-state index in [2.05, 4.69) is 5.32 Å². The lowest BCUT2D eigenvalue weighted by Crippen LogP contribution is -2.30. The zero-order chi connectivity index (χ0) is 20.9. The molecule has 2 aromatic rings. The van der Waals surface area contributed by atoms with Crippen molar-refractivity contribution in [2.24, 2.45) is 0 Å². The third-order valence-electron chi connectivity index (χ3n) is 3.75. The van der Waals surface area contributed by atoms with Crippen LogP contribution in [0, 0.1) is 0 Å². The van der Waals surface area contributed by atoms with Crippen LogP contribution in [0.2, 0.25) is 5.02 Å². The summed E-state index contributed by atoms with van der Waals surface area (Å²) in [4.78, 5) is 12.4. The number of ether oxygens (including phenoxy) is 2. The molecule has 9 heteroatoms. The summed E-state index contributed by atoms with van der Waals surface area (Å²) in [6.07, 6.45) is -0.820. The summed E-state index contributed by atoms with van der Waals surface area (Å²) < 4.78 is 37.2. The number of carbonyl (C=O) groups is 1. The van der Waals surface area contributed by atoms with Crippen molar-refractivity contribution in [3.63, 3.8) is 0 Å². The van der Waals surface area contributed by atoms with Gasteiger partial charge in [0.2, 0.25) is 10.0 Å². The average Bonchev–Trinajstić information content (AvgIpc) is 2.62. The SMILES string of the molecule is CCOc1ccc(NC(=O)[C@H](C)Oc2cccc(Cl)c2)cc1S(=O)(=O)N(C)C. The summed E-state index contributed by atoms with van der Waals surface area (Å²) in [7, 11) is -0.895. The van der Waals surface area contributed by atoms with Gasteiger partial charge in [-0.25, -0.2) is 12.7 Å². The van der Waals surface area contributed by atoms with Crippen LogP contribution in [0.15, 0.2) is 47.4 Å². The summed E-state index contributed by atoms with van der Waals surface area (Å²) >= 11 is 5.91. The number of rotatable bonds is 8. The number of halogens is 1. The van der Waals surface area contributed by atoms with Crippen LogP contribution in [0.4, 0.5) is 5.69 Å². The number of anilines is 1. The number of amides is 1. The molecule has 0 radical (unpaired) electrons. The van der Waals surface area contributed by atoms with Gasteiger partial charge in [-0.3, -0.25) is 4.79 Å². The molecule has 2 aromatic carbocycles. The molecule has 0 saturated heterocycles. The van der Waals surface area contributed by atoms with E-state index in [1.165, 1.54) is 26.2 Å². The first-order chi connectivity index (χ1) is 13.1. The van der Waals surface area contributed by atoms with Crippen LogP contribution in [-0.2, 0) is 14.8 Å². The van der Waals surface area contributed by atoms with Crippen LogP contribution in [-0.4, -0.2) is 45.4 Å². The van der Waals surface area contributed by atoms with Gasteiger partial charge in [0.05, 0.1) is 6.61 Å². The Morgan fingerprint density at radius 1 is 1.21 bits per heavy atom. The molecular formula is C19H23ClN2O5S. The fraction of sp³-hybridized carbons (Fsp3) is 0.316. The second-order valence-electron chi connectivity index (χ2n) is 6.09. The number of nitrogens with zero attached hydrogens (tertiary/aromatic N) is 1. The predicted molar refractivity (Wildman–Crippen MR) is 109 cm³/mol. The lowest BCUT2D eigenvalue weighted by atomic mass is 10.2. The third kappa shape index (κ3) is 5.37. The molecule has 0 bridgehead atoms. The first-order valence-electron chi connectivity index (χ1n) is 8.57. The second-order valence-corrected chi connectivity index (χ2v) is 8.65. The van der Waals surface area contributed by atoms with E-state index in [-0.39, 0.29) is 10.6 Å². The van der Waals surface area contributed by atoms with Gasteiger partial charge in [-0.2, -0.15) is 0 Å². The van der Waals surface area contributed by atoms with Crippen molar-refractivity contribution in [1.82, 2.24) is 4.31 Å². The van der Waals surface area contributed by atoms with Gasteiger partial charge in [0, 0.05) is 24.8 Å². The fourth-order valence-corrected chi connectivity index (χ4v) is 3.53. The second kappa shape index (κ2) is 9.27. The summed E-state index contributed by atoms with van der Waals surface area (Å²) in [6.45, 7) is 3.66. The quantitative estimate of drug-likeness (QED) is 0.699. The zero-order valence-corrected chi connectivity index (χ0v) is 17.7. The Hall–Kier alpha value is -2.29. The van der Waals surface area contributed by atoms with Gasteiger partial charge in [0.25, 0.3) is 5.91 Å². The van der Waals surface area contributed by atoms with Crippen molar-refractivity contribution >= 4 is 33.2 Å². The summed E-state index contributed by atoms with van der Waals surface area (Å²) in [5.41, 5.74) is 0.315. The maximum Gasteiger partial charge on any atom is 0.265 e. The van der Waals surface area contributed by atoms with E-state index < -0.39 is 22.0 Å². The zero-order valence-electron chi connectivity index (χ0n) is 16.1. The maximum absolute atomic E-state index is 12.6. The normalized spacial score (nSPS) is 12.5. The van der Waals surface area contributed by atoms with E-state index in [1.54, 1.807) is 44.2 Å².